The van der Waals surface area contributed by atoms with Crippen LogP contribution in [-0.2, 0) is 15.2 Å². The second kappa shape index (κ2) is 8.32. The number of nitrogens with zero attached hydrogens (tertiary/aromatic N) is 1. The molecule has 0 saturated carbocycles. The zero-order valence-corrected chi connectivity index (χ0v) is 19.0. The highest BCUT2D eigenvalue weighted by atomic mass is 19.1. The van der Waals surface area contributed by atoms with Crippen molar-refractivity contribution in [2.45, 2.75) is 51.6 Å². The maximum Gasteiger partial charge on any atom is 0.258 e. The van der Waals surface area contributed by atoms with Crippen molar-refractivity contribution in [2.24, 2.45) is 5.41 Å². The van der Waals surface area contributed by atoms with Gasteiger partial charge < -0.3 is 15.3 Å². The van der Waals surface area contributed by atoms with Crippen LogP contribution in [0.15, 0.2) is 42.5 Å². The van der Waals surface area contributed by atoms with Gasteiger partial charge in [0.25, 0.3) is 5.91 Å². The highest BCUT2D eigenvalue weighted by molar-refractivity contribution is 5.86. The number of carbonyl (C=O) groups is 2. The van der Waals surface area contributed by atoms with E-state index in [-0.39, 0.29) is 29.0 Å². The van der Waals surface area contributed by atoms with Gasteiger partial charge in [0.15, 0.2) is 5.60 Å². The minimum atomic E-state index is -1.61. The van der Waals surface area contributed by atoms with Gasteiger partial charge in [-0.05, 0) is 73.4 Å². The normalized spacial score (nSPS) is 22.3. The summed E-state index contributed by atoms with van der Waals surface area (Å²) in [4.78, 5) is 27.4. The summed E-state index contributed by atoms with van der Waals surface area (Å²) < 4.78 is 13.5. The van der Waals surface area contributed by atoms with Crippen LogP contribution in [0.3, 0.4) is 0 Å². The summed E-state index contributed by atoms with van der Waals surface area (Å²) >= 11 is 0. The molecule has 0 aromatic heterocycles. The Hall–Kier alpha value is -2.73. The van der Waals surface area contributed by atoms with Crippen LogP contribution >= 0.6 is 0 Å². The number of nitrogens with one attached hydrogen (secondary N) is 1. The molecule has 2 aliphatic rings. The van der Waals surface area contributed by atoms with Gasteiger partial charge in [-0.15, -0.1) is 0 Å². The van der Waals surface area contributed by atoms with Crippen molar-refractivity contribution in [3.05, 3.63) is 70.5 Å². The van der Waals surface area contributed by atoms with E-state index in [4.69, 9.17) is 0 Å². The molecule has 170 valence electrons. The van der Waals surface area contributed by atoms with E-state index in [1.807, 2.05) is 32.0 Å². The second-order valence-electron chi connectivity index (χ2n) is 9.56. The number of amides is 2. The maximum atomic E-state index is 13.5. The third kappa shape index (κ3) is 3.92. The molecule has 32 heavy (non-hydrogen) atoms. The first-order valence-electron chi connectivity index (χ1n) is 11.2. The van der Waals surface area contributed by atoms with Gasteiger partial charge in [0.1, 0.15) is 5.82 Å². The van der Waals surface area contributed by atoms with Crippen molar-refractivity contribution < 1.29 is 19.1 Å². The number of likely N-dealkylation sites (tertiary alicyclic amines) is 1. The van der Waals surface area contributed by atoms with Crippen LogP contribution in [0.5, 0.6) is 0 Å². The summed E-state index contributed by atoms with van der Waals surface area (Å²) in [5.74, 6) is -0.500. The molecule has 2 heterocycles. The summed E-state index contributed by atoms with van der Waals surface area (Å²) in [6.45, 7) is 6.92. The number of hydrogen-bond acceptors (Lipinski definition) is 3. The summed E-state index contributed by atoms with van der Waals surface area (Å²) in [7, 11) is 0. The van der Waals surface area contributed by atoms with Gasteiger partial charge >= 0.3 is 0 Å². The van der Waals surface area contributed by atoms with E-state index in [9.17, 15) is 19.1 Å². The van der Waals surface area contributed by atoms with E-state index in [0.717, 1.165) is 16.7 Å². The van der Waals surface area contributed by atoms with Crippen molar-refractivity contribution in [2.75, 3.05) is 19.6 Å². The van der Waals surface area contributed by atoms with Crippen molar-refractivity contribution in [3.63, 3.8) is 0 Å². The Labute approximate surface area is 188 Å². The lowest BCUT2D eigenvalue weighted by Gasteiger charge is -2.49. The van der Waals surface area contributed by atoms with Gasteiger partial charge in [-0.25, -0.2) is 4.39 Å². The van der Waals surface area contributed by atoms with Crippen LogP contribution < -0.4 is 5.32 Å². The monoisotopic (exact) mass is 438 g/mol. The fraction of sp³-hybridized carbons (Fsp3) is 0.462. The third-order valence-corrected chi connectivity index (χ3v) is 7.62. The maximum absolute atomic E-state index is 13.5. The zero-order chi connectivity index (χ0) is 23.1. The molecule has 5 nitrogen and oxygen atoms in total. The lowest BCUT2D eigenvalue weighted by Crippen LogP contribution is -2.55. The Balaban J connectivity index is 1.55. The number of aryl methyl sites for hydroxylation is 1. The standard InChI is InChI=1S/C26H31FN2O3/c1-17-5-4-6-21(18(17)2)25(3,32)24(31)29-13-11-26(12-14-29)15-23(30)28-16-22(26)19-7-9-20(27)10-8-19/h4-10,22,32H,11-16H2,1-3H3,(H,28,30)/t22-,25?/m0/s1. The van der Waals surface area contributed by atoms with Gasteiger partial charge in [-0.3, -0.25) is 9.59 Å². The van der Waals surface area contributed by atoms with E-state index in [1.165, 1.54) is 12.1 Å². The molecule has 4 rings (SSSR count). The number of rotatable bonds is 3. The first kappa shape index (κ1) is 22.5. The molecule has 2 amide bonds. The minimum absolute atomic E-state index is 0.0190. The van der Waals surface area contributed by atoms with Crippen molar-refractivity contribution in [1.29, 1.82) is 0 Å². The molecule has 2 aliphatic heterocycles. The van der Waals surface area contributed by atoms with E-state index < -0.39 is 5.60 Å². The molecule has 2 aromatic carbocycles. The molecule has 2 saturated heterocycles. The second-order valence-corrected chi connectivity index (χ2v) is 9.56. The minimum Gasteiger partial charge on any atom is -0.376 e. The number of piperidine rings is 2. The van der Waals surface area contributed by atoms with Gasteiger partial charge in [0.2, 0.25) is 5.91 Å². The molecule has 1 unspecified atom stereocenters. The van der Waals surface area contributed by atoms with Gasteiger partial charge in [0, 0.05) is 32.0 Å². The summed E-state index contributed by atoms with van der Waals surface area (Å²) in [6, 6.07) is 12.1. The molecule has 2 N–H and O–H groups in total. The van der Waals surface area contributed by atoms with Crippen molar-refractivity contribution in [3.8, 4) is 0 Å². The van der Waals surface area contributed by atoms with Crippen LogP contribution in [0.25, 0.3) is 0 Å². The number of halogens is 1. The predicted octanol–water partition coefficient (Wildman–Crippen LogP) is 3.56. The SMILES string of the molecule is Cc1cccc(C(C)(O)C(=O)N2CCC3(CC2)CC(=O)NC[C@H]3c2ccc(F)cc2)c1C. The van der Waals surface area contributed by atoms with Crippen LogP contribution in [-0.4, -0.2) is 41.5 Å². The highest BCUT2D eigenvalue weighted by Crippen LogP contribution is 2.49. The predicted molar refractivity (Wildman–Crippen MR) is 121 cm³/mol. The average Bonchev–Trinajstić information content (AvgIpc) is 2.76. The molecular weight excluding hydrogens is 407 g/mol. The van der Waals surface area contributed by atoms with Crippen LogP contribution in [0.1, 0.15) is 54.4 Å². The Bertz CT molecular complexity index is 1020. The third-order valence-electron chi connectivity index (χ3n) is 7.62. The van der Waals surface area contributed by atoms with Crippen LogP contribution in [0, 0.1) is 25.1 Å². The molecule has 1 spiro atoms. The molecule has 0 bridgehead atoms. The molecular formula is C26H31FN2O3. The molecule has 2 aromatic rings. The summed E-state index contributed by atoms with van der Waals surface area (Å²) in [5, 5.41) is 14.2. The zero-order valence-electron chi connectivity index (χ0n) is 19.0. The Kier molecular flexibility index (Phi) is 5.84. The molecule has 0 aliphatic carbocycles. The molecule has 6 heteroatoms. The first-order chi connectivity index (χ1) is 15.1. The first-order valence-corrected chi connectivity index (χ1v) is 11.2. The lowest BCUT2D eigenvalue weighted by molar-refractivity contribution is -0.154. The fourth-order valence-electron chi connectivity index (χ4n) is 5.49. The number of benzene rings is 2. The van der Waals surface area contributed by atoms with Gasteiger partial charge in [-0.2, -0.15) is 0 Å². The van der Waals surface area contributed by atoms with E-state index in [0.29, 0.717) is 44.5 Å². The van der Waals surface area contributed by atoms with Crippen LogP contribution in [0.4, 0.5) is 4.39 Å². The van der Waals surface area contributed by atoms with Crippen molar-refractivity contribution >= 4 is 11.8 Å². The quantitative estimate of drug-likeness (QED) is 0.770. The Morgan fingerprint density at radius 1 is 1.16 bits per heavy atom. The largest absolute Gasteiger partial charge is 0.376 e. The van der Waals surface area contributed by atoms with Gasteiger partial charge in [-0.1, -0.05) is 30.3 Å². The van der Waals surface area contributed by atoms with Crippen LogP contribution in [0.2, 0.25) is 0 Å². The van der Waals surface area contributed by atoms with E-state index in [2.05, 4.69) is 5.32 Å². The Morgan fingerprint density at radius 3 is 2.47 bits per heavy atom. The highest BCUT2D eigenvalue weighted by Gasteiger charge is 2.48. The molecule has 2 atom stereocenters. The number of aliphatic hydroxyl groups is 1. The fourth-order valence-corrected chi connectivity index (χ4v) is 5.49. The summed E-state index contributed by atoms with van der Waals surface area (Å²) in [6.07, 6.45) is 1.72. The van der Waals surface area contributed by atoms with E-state index in [1.54, 1.807) is 24.0 Å². The topological polar surface area (TPSA) is 69.6 Å². The Morgan fingerprint density at radius 2 is 1.81 bits per heavy atom. The molecule has 2 fully saturated rings. The van der Waals surface area contributed by atoms with E-state index >= 15 is 0 Å². The van der Waals surface area contributed by atoms with Gasteiger partial charge in [0.05, 0.1) is 0 Å². The smallest absolute Gasteiger partial charge is 0.258 e. The summed E-state index contributed by atoms with van der Waals surface area (Å²) in [5.41, 5.74) is 1.70. The lowest BCUT2D eigenvalue weighted by atomic mass is 9.62. The average molecular weight is 439 g/mol. The number of carbonyl (C=O) groups excluding carboxylic acids is 2. The molecule has 0 radical (unpaired) electrons. The van der Waals surface area contributed by atoms with Crippen molar-refractivity contribution in [1.82, 2.24) is 10.2 Å². The number of hydrogen-bond donors (Lipinski definition) is 2.